The van der Waals surface area contributed by atoms with Crippen LogP contribution in [0.25, 0.3) is 0 Å². The van der Waals surface area contributed by atoms with Gasteiger partial charge in [0.25, 0.3) is 0 Å². The number of rotatable bonds is 3. The molecule has 1 aromatic carbocycles. The highest BCUT2D eigenvalue weighted by Gasteiger charge is 2.62. The molecule has 3 aliphatic rings. The molecule has 2 bridgehead atoms. The average molecular weight is 234 g/mol. The molecule has 0 aromatic heterocycles. The number of hydrogen-bond acceptors (Lipinski definition) is 4. The molecule has 0 amide bonds. The fourth-order valence-corrected chi connectivity index (χ4v) is 2.58. The van der Waals surface area contributed by atoms with Crippen molar-refractivity contribution in [1.82, 2.24) is 0 Å². The molecule has 0 radical (unpaired) electrons. The van der Waals surface area contributed by atoms with Gasteiger partial charge in [-0.05, 0) is 5.56 Å². The minimum absolute atomic E-state index is 0.0129. The van der Waals surface area contributed by atoms with Crippen LogP contribution in [0.1, 0.15) is 5.56 Å². The molecule has 90 valence electrons. The minimum atomic E-state index is -0.151. The summed E-state index contributed by atoms with van der Waals surface area (Å²) in [7, 11) is 0. The summed E-state index contributed by atoms with van der Waals surface area (Å²) in [5, 5.41) is 0. The third-order valence-corrected chi connectivity index (χ3v) is 3.54. The van der Waals surface area contributed by atoms with E-state index in [2.05, 4.69) is 12.1 Å². The van der Waals surface area contributed by atoms with E-state index in [1.54, 1.807) is 0 Å². The van der Waals surface area contributed by atoms with E-state index >= 15 is 0 Å². The zero-order valence-corrected chi connectivity index (χ0v) is 9.32. The minimum Gasteiger partial charge on any atom is -0.368 e. The van der Waals surface area contributed by atoms with Crippen molar-refractivity contribution in [3.63, 3.8) is 0 Å². The van der Waals surface area contributed by atoms with Crippen LogP contribution in [-0.4, -0.2) is 37.3 Å². The lowest BCUT2D eigenvalue weighted by Gasteiger charge is -2.24. The number of ether oxygens (including phenoxy) is 4. The fourth-order valence-electron chi connectivity index (χ4n) is 2.58. The van der Waals surface area contributed by atoms with Gasteiger partial charge in [0.2, 0.25) is 0 Å². The van der Waals surface area contributed by atoms with Crippen LogP contribution in [0.2, 0.25) is 0 Å². The first kappa shape index (κ1) is 10.0. The zero-order valence-electron chi connectivity index (χ0n) is 9.32. The highest BCUT2D eigenvalue weighted by molar-refractivity contribution is 5.14. The summed E-state index contributed by atoms with van der Waals surface area (Å²) in [6, 6.07) is 10.1. The Morgan fingerprint density at radius 1 is 1.12 bits per heavy atom. The Morgan fingerprint density at radius 3 is 2.88 bits per heavy atom. The first-order valence-corrected chi connectivity index (χ1v) is 6.00. The molecule has 0 spiro atoms. The standard InChI is InChI=1S/C13H14O4/c1-2-4-8(5-3-1)6-14-10-9-7-15-13(16-9)12-11(10)17-12/h1-5,9-13H,6-7H2/t9-,10-,11+,12-,13-/m0/s1. The van der Waals surface area contributed by atoms with E-state index in [4.69, 9.17) is 18.9 Å². The van der Waals surface area contributed by atoms with E-state index < -0.39 is 0 Å². The second kappa shape index (κ2) is 3.78. The Hall–Kier alpha value is -0.940. The molecule has 0 N–H and O–H groups in total. The van der Waals surface area contributed by atoms with Crippen LogP contribution >= 0.6 is 0 Å². The first-order chi connectivity index (χ1) is 8.42. The molecule has 3 heterocycles. The number of hydrogen-bond donors (Lipinski definition) is 0. The summed E-state index contributed by atoms with van der Waals surface area (Å²) in [4.78, 5) is 0. The molecular weight excluding hydrogens is 220 g/mol. The van der Waals surface area contributed by atoms with Gasteiger partial charge in [0.1, 0.15) is 24.4 Å². The topological polar surface area (TPSA) is 40.2 Å². The van der Waals surface area contributed by atoms with E-state index in [0.717, 1.165) is 0 Å². The van der Waals surface area contributed by atoms with Gasteiger partial charge >= 0.3 is 0 Å². The summed E-state index contributed by atoms with van der Waals surface area (Å²) in [5.41, 5.74) is 1.17. The molecule has 4 nitrogen and oxygen atoms in total. The normalized spacial score (nSPS) is 42.2. The quantitative estimate of drug-likeness (QED) is 0.734. The molecular formula is C13H14O4. The van der Waals surface area contributed by atoms with Crippen LogP contribution in [0.4, 0.5) is 0 Å². The maximum absolute atomic E-state index is 5.92. The van der Waals surface area contributed by atoms with Crippen molar-refractivity contribution in [3.05, 3.63) is 35.9 Å². The lowest BCUT2D eigenvalue weighted by atomic mass is 10.1. The Balaban J connectivity index is 1.43. The van der Waals surface area contributed by atoms with Gasteiger partial charge in [0.15, 0.2) is 6.29 Å². The average Bonchev–Trinajstić information content (AvgIpc) is 3.05. The monoisotopic (exact) mass is 234 g/mol. The van der Waals surface area contributed by atoms with Crippen molar-refractivity contribution in [1.29, 1.82) is 0 Å². The van der Waals surface area contributed by atoms with Gasteiger partial charge in [-0.3, -0.25) is 0 Å². The van der Waals surface area contributed by atoms with Crippen molar-refractivity contribution in [2.45, 2.75) is 37.3 Å². The summed E-state index contributed by atoms with van der Waals surface area (Å²) in [6.07, 6.45) is 0.160. The zero-order chi connectivity index (χ0) is 11.2. The van der Waals surface area contributed by atoms with Gasteiger partial charge in [-0.15, -0.1) is 0 Å². The molecule has 1 aromatic rings. The molecule has 3 aliphatic heterocycles. The van der Waals surface area contributed by atoms with Crippen LogP contribution in [0.15, 0.2) is 30.3 Å². The van der Waals surface area contributed by atoms with E-state index in [1.165, 1.54) is 5.56 Å². The number of epoxide rings is 1. The van der Waals surface area contributed by atoms with Crippen molar-refractivity contribution < 1.29 is 18.9 Å². The molecule has 5 atom stereocenters. The summed E-state index contributed by atoms with van der Waals surface area (Å²) >= 11 is 0. The fraction of sp³-hybridized carbons (Fsp3) is 0.538. The van der Waals surface area contributed by atoms with E-state index in [-0.39, 0.29) is 30.7 Å². The number of benzene rings is 1. The highest BCUT2D eigenvalue weighted by atomic mass is 16.8. The summed E-state index contributed by atoms with van der Waals surface area (Å²) < 4.78 is 22.6. The van der Waals surface area contributed by atoms with Crippen LogP contribution in [-0.2, 0) is 25.6 Å². The third-order valence-electron chi connectivity index (χ3n) is 3.54. The molecule has 4 heteroatoms. The van der Waals surface area contributed by atoms with E-state index in [1.807, 2.05) is 18.2 Å². The molecule has 0 saturated carbocycles. The lowest BCUT2D eigenvalue weighted by molar-refractivity contribution is -0.121. The largest absolute Gasteiger partial charge is 0.368 e. The predicted molar refractivity (Wildman–Crippen MR) is 58.3 cm³/mol. The van der Waals surface area contributed by atoms with Crippen LogP contribution in [0.5, 0.6) is 0 Å². The van der Waals surface area contributed by atoms with Gasteiger partial charge in [-0.1, -0.05) is 30.3 Å². The lowest BCUT2D eigenvalue weighted by Crippen LogP contribution is -2.41. The van der Waals surface area contributed by atoms with Crippen molar-refractivity contribution >= 4 is 0 Å². The third kappa shape index (κ3) is 1.68. The Morgan fingerprint density at radius 2 is 2.00 bits per heavy atom. The number of fused-ring (bicyclic) bond motifs is 4. The molecule has 3 fully saturated rings. The van der Waals surface area contributed by atoms with Crippen LogP contribution < -0.4 is 0 Å². The van der Waals surface area contributed by atoms with Crippen molar-refractivity contribution in [2.75, 3.05) is 6.61 Å². The maximum atomic E-state index is 5.92. The maximum Gasteiger partial charge on any atom is 0.187 e. The van der Waals surface area contributed by atoms with Gasteiger partial charge in [-0.2, -0.15) is 0 Å². The molecule has 17 heavy (non-hydrogen) atoms. The molecule has 0 aliphatic carbocycles. The van der Waals surface area contributed by atoms with Crippen molar-refractivity contribution in [3.8, 4) is 0 Å². The Kier molecular flexibility index (Phi) is 2.23. The highest BCUT2D eigenvalue weighted by Crippen LogP contribution is 2.43. The van der Waals surface area contributed by atoms with Gasteiger partial charge in [0.05, 0.1) is 13.2 Å². The van der Waals surface area contributed by atoms with E-state index in [9.17, 15) is 0 Å². The Labute approximate surface area is 99.4 Å². The second-order valence-electron chi connectivity index (χ2n) is 4.70. The first-order valence-electron chi connectivity index (χ1n) is 6.00. The van der Waals surface area contributed by atoms with Crippen LogP contribution in [0.3, 0.4) is 0 Å². The molecule has 4 rings (SSSR count). The van der Waals surface area contributed by atoms with Gasteiger partial charge in [-0.25, -0.2) is 0 Å². The SMILES string of the molecule is c1ccc(CO[C@@H]2[C@H]3O[C@@H]3[C@H]3OC[C@@H]2O3)cc1. The molecule has 0 unspecified atom stereocenters. The van der Waals surface area contributed by atoms with Crippen LogP contribution in [0, 0.1) is 0 Å². The van der Waals surface area contributed by atoms with Gasteiger partial charge in [0, 0.05) is 0 Å². The summed E-state index contributed by atoms with van der Waals surface area (Å²) in [5.74, 6) is 0. The Bertz CT molecular complexity index is 407. The molecule has 3 saturated heterocycles. The van der Waals surface area contributed by atoms with Crippen molar-refractivity contribution in [2.24, 2.45) is 0 Å². The van der Waals surface area contributed by atoms with E-state index in [0.29, 0.717) is 13.2 Å². The van der Waals surface area contributed by atoms with Gasteiger partial charge < -0.3 is 18.9 Å². The second-order valence-corrected chi connectivity index (χ2v) is 4.70. The smallest absolute Gasteiger partial charge is 0.187 e. The predicted octanol–water partition coefficient (Wildman–Crippen LogP) is 1.09. The summed E-state index contributed by atoms with van der Waals surface area (Å²) in [6.45, 7) is 1.23.